The molecule has 218 valence electrons. The van der Waals surface area contributed by atoms with E-state index >= 15 is 0 Å². The third-order valence-corrected chi connectivity index (χ3v) is 8.84. The Balaban J connectivity index is 1.36. The van der Waals surface area contributed by atoms with Crippen LogP contribution in [-0.2, 0) is 0 Å². The molecule has 4 heterocycles. The van der Waals surface area contributed by atoms with E-state index in [1.54, 1.807) is 19.1 Å². The predicted octanol–water partition coefficient (Wildman–Crippen LogP) is 4.94. The van der Waals surface area contributed by atoms with Crippen LogP contribution in [0.3, 0.4) is 0 Å². The van der Waals surface area contributed by atoms with Crippen molar-refractivity contribution in [2.24, 2.45) is 0 Å². The summed E-state index contributed by atoms with van der Waals surface area (Å²) in [5.41, 5.74) is 5.89. The fourth-order valence-corrected chi connectivity index (χ4v) is 6.77. The number of hydrogen-bond acceptors (Lipinski definition) is 8. The van der Waals surface area contributed by atoms with Gasteiger partial charge in [0.25, 0.3) is 11.1 Å². The number of aromatic nitrogens is 10. The molecule has 4 aromatic heterocycles. The molecule has 1 aliphatic rings. The van der Waals surface area contributed by atoms with Crippen molar-refractivity contribution in [3.63, 3.8) is 0 Å². The van der Waals surface area contributed by atoms with Crippen LogP contribution in [0.5, 0.6) is 0 Å². The second kappa shape index (κ2) is 10.0. The van der Waals surface area contributed by atoms with Gasteiger partial charge in [-0.3, -0.25) is 14.2 Å². The van der Waals surface area contributed by atoms with Gasteiger partial charge in [-0.2, -0.15) is 10.2 Å². The molecular formula is C32H28N10O2. The lowest BCUT2D eigenvalue weighted by Crippen LogP contribution is -2.18. The summed E-state index contributed by atoms with van der Waals surface area (Å²) in [5, 5.41) is 15.5. The molecule has 0 aliphatic heterocycles. The molecule has 0 unspecified atom stereocenters. The van der Waals surface area contributed by atoms with Crippen molar-refractivity contribution in [2.45, 2.75) is 52.0 Å². The lowest BCUT2D eigenvalue weighted by Gasteiger charge is -2.26. The maximum atomic E-state index is 13.5. The van der Waals surface area contributed by atoms with Gasteiger partial charge in [0.1, 0.15) is 11.6 Å². The molecule has 0 spiro atoms. The molecule has 2 N–H and O–H groups in total. The lowest BCUT2D eigenvalue weighted by molar-refractivity contribution is 0.362. The Morgan fingerprint density at radius 3 is 2.55 bits per heavy atom. The first-order chi connectivity index (χ1) is 21.5. The summed E-state index contributed by atoms with van der Waals surface area (Å²) in [6.07, 6.45) is 7.10. The minimum absolute atomic E-state index is 0.226. The largest absolute Gasteiger partial charge is 0.321 e. The molecule has 0 bridgehead atoms. The standard InChI is InChI=1S/C32H28N10O2/c1-17-22(30-36-25-14-19(29-37-39-40-38-29)8-12-26(25)42(30)20-6-4-3-5-7-20)10-13-27-28(17)32(44)35-18(2)41(27)21-9-11-24-23(15-21)31(43)34-16-33-24/h8-16,20H,3-7H2,1-2H3,(H,33,34,43)(H,37,38,39,40). The maximum Gasteiger partial charge on any atom is 0.281 e. The van der Waals surface area contributed by atoms with Gasteiger partial charge < -0.3 is 9.55 Å². The predicted molar refractivity (Wildman–Crippen MR) is 167 cm³/mol. The van der Waals surface area contributed by atoms with Crippen molar-refractivity contribution in [1.29, 1.82) is 0 Å². The van der Waals surface area contributed by atoms with E-state index in [0.29, 0.717) is 39.5 Å². The van der Waals surface area contributed by atoms with Crippen molar-refractivity contribution in [3.05, 3.63) is 87.0 Å². The minimum Gasteiger partial charge on any atom is -0.321 e. The molecule has 12 nitrogen and oxygen atoms in total. The zero-order valence-electron chi connectivity index (χ0n) is 24.2. The second-order valence-electron chi connectivity index (χ2n) is 11.4. The minimum atomic E-state index is -0.298. The molecule has 8 rings (SSSR count). The van der Waals surface area contributed by atoms with Crippen molar-refractivity contribution in [3.8, 4) is 28.5 Å². The zero-order chi connectivity index (χ0) is 29.9. The number of nitrogens with one attached hydrogen (secondary N) is 2. The van der Waals surface area contributed by atoms with Crippen LogP contribution in [0, 0.1) is 13.8 Å². The first-order valence-corrected chi connectivity index (χ1v) is 14.7. The van der Waals surface area contributed by atoms with Crippen LogP contribution in [0.15, 0.2) is 64.4 Å². The van der Waals surface area contributed by atoms with E-state index in [4.69, 9.17) is 4.98 Å². The van der Waals surface area contributed by atoms with E-state index in [1.165, 1.54) is 25.6 Å². The van der Waals surface area contributed by atoms with E-state index in [0.717, 1.165) is 52.1 Å². The van der Waals surface area contributed by atoms with Crippen molar-refractivity contribution in [2.75, 3.05) is 0 Å². The number of tetrazole rings is 1. The third kappa shape index (κ3) is 4.05. The van der Waals surface area contributed by atoms with Gasteiger partial charge in [-0.1, -0.05) is 19.3 Å². The van der Waals surface area contributed by atoms with Gasteiger partial charge >= 0.3 is 0 Å². The highest BCUT2D eigenvalue weighted by Gasteiger charge is 2.25. The highest BCUT2D eigenvalue weighted by Crippen LogP contribution is 2.39. The Hall–Kier alpha value is -5.52. The Bertz CT molecular complexity index is 2340. The number of aryl methyl sites for hydroxylation is 2. The summed E-state index contributed by atoms with van der Waals surface area (Å²) in [6.45, 7) is 3.76. The van der Waals surface area contributed by atoms with E-state index in [2.05, 4.69) is 46.2 Å². The van der Waals surface area contributed by atoms with E-state index in [-0.39, 0.29) is 11.1 Å². The van der Waals surface area contributed by atoms with E-state index < -0.39 is 0 Å². The number of fused-ring (bicyclic) bond motifs is 3. The van der Waals surface area contributed by atoms with Gasteiger partial charge in [-0.15, -0.1) is 10.2 Å². The van der Waals surface area contributed by atoms with Gasteiger partial charge in [0.05, 0.1) is 39.2 Å². The second-order valence-corrected chi connectivity index (χ2v) is 11.4. The molecule has 1 fully saturated rings. The quantitative estimate of drug-likeness (QED) is 0.295. The Morgan fingerprint density at radius 1 is 0.886 bits per heavy atom. The summed E-state index contributed by atoms with van der Waals surface area (Å²) < 4.78 is 4.27. The number of imidazole rings is 1. The van der Waals surface area contributed by atoms with Gasteiger partial charge in [0.2, 0.25) is 5.82 Å². The topological polar surface area (TPSA) is 153 Å². The molecular weight excluding hydrogens is 556 g/mol. The third-order valence-electron chi connectivity index (χ3n) is 8.84. The Kier molecular flexibility index (Phi) is 5.96. The van der Waals surface area contributed by atoms with Gasteiger partial charge in [-0.25, -0.2) is 9.97 Å². The van der Waals surface area contributed by atoms with Crippen LogP contribution in [0.1, 0.15) is 49.5 Å². The normalized spacial score (nSPS) is 14.2. The van der Waals surface area contributed by atoms with Gasteiger partial charge in [0.15, 0.2) is 0 Å². The summed E-state index contributed by atoms with van der Waals surface area (Å²) >= 11 is 0. The number of benzene rings is 3. The zero-order valence-corrected chi connectivity index (χ0v) is 24.2. The maximum absolute atomic E-state index is 13.5. The van der Waals surface area contributed by atoms with Crippen molar-refractivity contribution >= 4 is 32.8 Å². The van der Waals surface area contributed by atoms with Gasteiger partial charge in [0, 0.05) is 22.9 Å². The molecule has 1 saturated carbocycles. The van der Waals surface area contributed by atoms with Crippen LogP contribution >= 0.6 is 0 Å². The molecule has 7 aromatic rings. The summed E-state index contributed by atoms with van der Waals surface area (Å²) in [7, 11) is 0. The Morgan fingerprint density at radius 2 is 1.73 bits per heavy atom. The fraction of sp³-hybridized carbons (Fsp3) is 0.250. The number of H-pyrrole nitrogens is 2. The van der Waals surface area contributed by atoms with Crippen molar-refractivity contribution in [1.82, 2.24) is 49.7 Å². The molecule has 0 atom stereocenters. The summed E-state index contributed by atoms with van der Waals surface area (Å²) in [6, 6.07) is 15.9. The number of hydrogen-bond donors (Lipinski definition) is 2. The van der Waals surface area contributed by atoms with Crippen molar-refractivity contribution < 1.29 is 0 Å². The van der Waals surface area contributed by atoms with E-state index in [9.17, 15) is 9.59 Å². The smallest absolute Gasteiger partial charge is 0.281 e. The highest BCUT2D eigenvalue weighted by molar-refractivity contribution is 5.92. The van der Waals surface area contributed by atoms with Crippen LogP contribution in [0.2, 0.25) is 0 Å². The SMILES string of the molecule is Cc1c(-c2nc3cc(-c4nn[nH]n4)ccc3n2C2CCCCC2)ccc2c1c(=O)nc(C)n2-c1ccc2nc[nH]c(=O)c2c1. The van der Waals surface area contributed by atoms with Crippen LogP contribution < -0.4 is 11.1 Å². The average molecular weight is 585 g/mol. The highest BCUT2D eigenvalue weighted by atomic mass is 16.1. The van der Waals surface area contributed by atoms with Gasteiger partial charge in [-0.05, 0) is 86.0 Å². The molecule has 1 aliphatic carbocycles. The molecule has 0 amide bonds. The monoisotopic (exact) mass is 584 g/mol. The first kappa shape index (κ1) is 26.1. The van der Waals surface area contributed by atoms with Crippen LogP contribution in [0.25, 0.3) is 61.3 Å². The molecule has 12 heteroatoms. The lowest BCUT2D eigenvalue weighted by atomic mass is 9.94. The summed E-state index contributed by atoms with van der Waals surface area (Å²) in [4.78, 5) is 42.6. The molecule has 0 radical (unpaired) electrons. The molecule has 44 heavy (non-hydrogen) atoms. The number of aromatic amines is 2. The summed E-state index contributed by atoms with van der Waals surface area (Å²) in [5.74, 6) is 1.86. The van der Waals surface area contributed by atoms with Crippen LogP contribution in [0.4, 0.5) is 0 Å². The fourth-order valence-electron chi connectivity index (χ4n) is 6.77. The Labute approximate surface area is 249 Å². The first-order valence-electron chi connectivity index (χ1n) is 14.7. The average Bonchev–Trinajstić information content (AvgIpc) is 3.70. The number of rotatable bonds is 4. The number of nitrogens with zero attached hydrogens (tertiary/aromatic N) is 8. The van der Waals surface area contributed by atoms with Crippen LogP contribution in [-0.4, -0.2) is 49.7 Å². The van der Waals surface area contributed by atoms with E-state index in [1.807, 2.05) is 41.8 Å². The molecule has 3 aromatic carbocycles. The molecule has 0 saturated heterocycles.